The molecule has 0 bridgehead atoms. The highest BCUT2D eigenvalue weighted by Gasteiger charge is 2.42. The van der Waals surface area contributed by atoms with Crippen LogP contribution >= 0.6 is 0 Å². The van der Waals surface area contributed by atoms with Crippen LogP contribution in [0.4, 0.5) is 4.39 Å². The quantitative estimate of drug-likeness (QED) is 0.460. The van der Waals surface area contributed by atoms with E-state index in [1.807, 2.05) is 54.6 Å². The van der Waals surface area contributed by atoms with E-state index in [4.69, 9.17) is 9.15 Å². The lowest BCUT2D eigenvalue weighted by Gasteiger charge is -2.25. The van der Waals surface area contributed by atoms with Crippen LogP contribution in [0.15, 0.2) is 82.0 Å². The van der Waals surface area contributed by atoms with Crippen LogP contribution in [0.2, 0.25) is 0 Å². The number of methoxy groups -OCH3 is 1. The zero-order chi connectivity index (χ0) is 22.2. The SMILES string of the molecule is COc1ccc(CCN2C(=O)c3oc4ccc(F)cc4c(=O)c3[C@H]2c2ccccc2)cc1. The lowest BCUT2D eigenvalue weighted by Crippen LogP contribution is -2.31. The van der Waals surface area contributed by atoms with Crippen LogP contribution in [-0.4, -0.2) is 24.5 Å². The number of halogens is 1. The molecule has 0 saturated carbocycles. The molecular formula is C26H20FNO4. The summed E-state index contributed by atoms with van der Waals surface area (Å²) in [5.41, 5.74) is 1.92. The van der Waals surface area contributed by atoms with Crippen LogP contribution in [0.25, 0.3) is 11.0 Å². The van der Waals surface area contributed by atoms with Crippen LogP contribution in [0.1, 0.15) is 33.3 Å². The van der Waals surface area contributed by atoms with Gasteiger partial charge in [-0.1, -0.05) is 42.5 Å². The molecule has 1 aliphatic heterocycles. The van der Waals surface area contributed by atoms with E-state index in [2.05, 4.69) is 0 Å². The fourth-order valence-electron chi connectivity index (χ4n) is 4.25. The molecule has 2 heterocycles. The number of benzene rings is 3. The predicted molar refractivity (Wildman–Crippen MR) is 118 cm³/mol. The normalized spacial score (nSPS) is 15.2. The number of fused-ring (bicyclic) bond motifs is 2. The fourth-order valence-corrected chi connectivity index (χ4v) is 4.25. The molecule has 1 aliphatic rings. The van der Waals surface area contributed by atoms with Gasteiger partial charge in [-0.25, -0.2) is 4.39 Å². The summed E-state index contributed by atoms with van der Waals surface area (Å²) in [4.78, 5) is 28.4. The van der Waals surface area contributed by atoms with Crippen LogP contribution in [0, 0.1) is 5.82 Å². The maximum atomic E-state index is 13.8. The van der Waals surface area contributed by atoms with Crippen LogP contribution in [-0.2, 0) is 6.42 Å². The van der Waals surface area contributed by atoms with Gasteiger partial charge in [-0.15, -0.1) is 0 Å². The van der Waals surface area contributed by atoms with Crippen LogP contribution in [0.5, 0.6) is 5.75 Å². The third-order valence-corrected chi connectivity index (χ3v) is 5.84. The number of rotatable bonds is 5. The van der Waals surface area contributed by atoms with Crippen LogP contribution in [0.3, 0.4) is 0 Å². The second-order valence-corrected chi connectivity index (χ2v) is 7.72. The van der Waals surface area contributed by atoms with Crippen molar-refractivity contribution < 1.29 is 18.3 Å². The summed E-state index contributed by atoms with van der Waals surface area (Å²) in [6, 6.07) is 20.2. The van der Waals surface area contributed by atoms with Crippen molar-refractivity contribution in [2.45, 2.75) is 12.5 Å². The Balaban J connectivity index is 1.59. The second-order valence-electron chi connectivity index (χ2n) is 7.72. The van der Waals surface area contributed by atoms with Gasteiger partial charge in [0.05, 0.1) is 24.1 Å². The second kappa shape index (κ2) is 7.96. The Kier molecular flexibility index (Phi) is 4.98. The minimum atomic E-state index is -0.596. The van der Waals surface area contributed by atoms with Crippen molar-refractivity contribution >= 4 is 16.9 Å². The third kappa shape index (κ3) is 3.34. The first-order chi connectivity index (χ1) is 15.6. The van der Waals surface area contributed by atoms with Gasteiger partial charge in [-0.2, -0.15) is 0 Å². The molecule has 5 nitrogen and oxygen atoms in total. The van der Waals surface area contributed by atoms with Crippen molar-refractivity contribution in [2.75, 3.05) is 13.7 Å². The van der Waals surface area contributed by atoms with Gasteiger partial charge in [0.25, 0.3) is 5.91 Å². The van der Waals surface area contributed by atoms with Crippen molar-refractivity contribution in [3.05, 3.63) is 111 Å². The van der Waals surface area contributed by atoms with Crippen molar-refractivity contribution in [2.24, 2.45) is 0 Å². The fraction of sp³-hybridized carbons (Fsp3) is 0.154. The maximum Gasteiger partial charge on any atom is 0.290 e. The summed E-state index contributed by atoms with van der Waals surface area (Å²) in [6.07, 6.45) is 0.593. The molecule has 0 radical (unpaired) electrons. The summed E-state index contributed by atoms with van der Waals surface area (Å²) >= 11 is 0. The highest BCUT2D eigenvalue weighted by Crippen LogP contribution is 2.38. The lowest BCUT2D eigenvalue weighted by molar-refractivity contribution is 0.0730. The van der Waals surface area contributed by atoms with Gasteiger partial charge in [-0.3, -0.25) is 9.59 Å². The molecule has 0 spiro atoms. The van der Waals surface area contributed by atoms with E-state index in [1.165, 1.54) is 12.1 Å². The van der Waals surface area contributed by atoms with Crippen molar-refractivity contribution in [3.63, 3.8) is 0 Å². The molecule has 1 amide bonds. The Hall–Kier alpha value is -3.93. The van der Waals surface area contributed by atoms with Gasteiger partial charge >= 0.3 is 0 Å². The average molecular weight is 429 g/mol. The van der Waals surface area contributed by atoms with E-state index in [0.29, 0.717) is 13.0 Å². The topological polar surface area (TPSA) is 59.8 Å². The number of amides is 1. The number of carbonyl (C=O) groups is 1. The molecule has 3 aromatic carbocycles. The van der Waals surface area contributed by atoms with Gasteiger partial charge in [0.1, 0.15) is 17.1 Å². The number of hydrogen-bond acceptors (Lipinski definition) is 4. The molecule has 0 fully saturated rings. The molecule has 0 aliphatic carbocycles. The van der Waals surface area contributed by atoms with Gasteiger partial charge in [0.2, 0.25) is 5.76 Å². The summed E-state index contributed by atoms with van der Waals surface area (Å²) in [6.45, 7) is 0.388. The zero-order valence-electron chi connectivity index (χ0n) is 17.4. The van der Waals surface area contributed by atoms with Gasteiger partial charge in [-0.05, 0) is 47.9 Å². The molecule has 6 heteroatoms. The number of ether oxygens (including phenoxy) is 1. The minimum Gasteiger partial charge on any atom is -0.497 e. The average Bonchev–Trinajstić information content (AvgIpc) is 3.11. The highest BCUT2D eigenvalue weighted by atomic mass is 19.1. The molecular weight excluding hydrogens is 409 g/mol. The first-order valence-electron chi connectivity index (χ1n) is 10.3. The van der Waals surface area contributed by atoms with Gasteiger partial charge in [0.15, 0.2) is 5.43 Å². The number of nitrogens with zero attached hydrogens (tertiary/aromatic N) is 1. The molecule has 32 heavy (non-hydrogen) atoms. The summed E-state index contributed by atoms with van der Waals surface area (Å²) in [7, 11) is 1.61. The van der Waals surface area contributed by atoms with E-state index < -0.39 is 11.9 Å². The minimum absolute atomic E-state index is 0.0256. The van der Waals surface area contributed by atoms with Crippen molar-refractivity contribution in [3.8, 4) is 5.75 Å². The molecule has 0 saturated heterocycles. The smallest absolute Gasteiger partial charge is 0.290 e. The van der Waals surface area contributed by atoms with E-state index in [-0.39, 0.29) is 33.6 Å². The largest absolute Gasteiger partial charge is 0.497 e. The highest BCUT2D eigenvalue weighted by molar-refractivity contribution is 5.99. The van der Waals surface area contributed by atoms with Gasteiger partial charge < -0.3 is 14.1 Å². The maximum absolute atomic E-state index is 13.8. The Morgan fingerprint density at radius 3 is 2.47 bits per heavy atom. The van der Waals surface area contributed by atoms with Crippen molar-refractivity contribution in [1.82, 2.24) is 4.90 Å². The molecule has 1 atom stereocenters. The molecule has 160 valence electrons. The Labute approximate surface area is 183 Å². The molecule has 1 aromatic heterocycles. The van der Waals surface area contributed by atoms with Gasteiger partial charge in [0, 0.05) is 6.54 Å². The monoisotopic (exact) mass is 429 g/mol. The Morgan fingerprint density at radius 1 is 1.00 bits per heavy atom. The molecule has 4 aromatic rings. The molecule has 0 unspecified atom stereocenters. The van der Waals surface area contributed by atoms with E-state index >= 15 is 0 Å². The van der Waals surface area contributed by atoms with E-state index in [9.17, 15) is 14.0 Å². The number of hydrogen-bond donors (Lipinski definition) is 0. The summed E-state index contributed by atoms with van der Waals surface area (Å²) < 4.78 is 24.9. The first-order valence-corrected chi connectivity index (χ1v) is 10.3. The Bertz CT molecular complexity index is 1360. The summed E-state index contributed by atoms with van der Waals surface area (Å²) in [5, 5.41) is 0.134. The van der Waals surface area contributed by atoms with Crippen molar-refractivity contribution in [1.29, 1.82) is 0 Å². The number of carbonyl (C=O) groups excluding carboxylic acids is 1. The summed E-state index contributed by atoms with van der Waals surface area (Å²) in [5.74, 6) is -0.0839. The third-order valence-electron chi connectivity index (χ3n) is 5.84. The predicted octanol–water partition coefficient (Wildman–Crippen LogP) is 4.73. The Morgan fingerprint density at radius 2 is 1.75 bits per heavy atom. The van der Waals surface area contributed by atoms with Crippen LogP contribution < -0.4 is 10.2 Å². The first kappa shape index (κ1) is 20.0. The molecule has 5 rings (SSSR count). The standard InChI is InChI=1S/C26H20FNO4/c1-31-19-10-7-16(8-11-19)13-14-28-23(17-5-3-2-4-6-17)22-24(29)20-15-18(27)9-12-21(20)32-25(22)26(28)30/h2-12,15,23H,13-14H2,1H3/t23-/m1/s1. The van der Waals surface area contributed by atoms with E-state index in [1.54, 1.807) is 12.0 Å². The molecule has 0 N–H and O–H groups in total. The van der Waals surface area contributed by atoms with E-state index in [0.717, 1.165) is 22.9 Å². The lowest BCUT2D eigenvalue weighted by atomic mass is 9.98. The zero-order valence-corrected chi connectivity index (χ0v) is 17.4.